The van der Waals surface area contributed by atoms with Crippen molar-refractivity contribution in [3.8, 4) is 5.75 Å². The molecule has 0 spiro atoms. The van der Waals surface area contributed by atoms with E-state index in [-0.39, 0.29) is 11.5 Å². The fraction of sp³-hybridized carbons (Fsp3) is 0.684. The van der Waals surface area contributed by atoms with Crippen LogP contribution in [0.5, 0.6) is 5.75 Å². The highest BCUT2D eigenvalue weighted by molar-refractivity contribution is 5.45. The minimum atomic E-state index is -0.786. The average Bonchev–Trinajstić information content (AvgIpc) is 2.90. The molecule has 1 N–H and O–H groups in total. The summed E-state index contributed by atoms with van der Waals surface area (Å²) in [5.41, 5.74) is 1.25. The highest BCUT2D eigenvalue weighted by atomic mass is 16.5. The predicted octanol–water partition coefficient (Wildman–Crippen LogP) is 4.75. The Morgan fingerprint density at radius 3 is 2.48 bits per heavy atom. The zero-order valence-corrected chi connectivity index (χ0v) is 13.8. The van der Waals surface area contributed by atoms with Crippen LogP contribution in [-0.2, 0) is 5.60 Å². The molecule has 1 saturated carbocycles. The molecular formula is C19H28O2. The van der Waals surface area contributed by atoms with Gasteiger partial charge in [-0.1, -0.05) is 38.8 Å². The third-order valence-corrected chi connectivity index (χ3v) is 5.34. The Morgan fingerprint density at radius 2 is 1.86 bits per heavy atom. The van der Waals surface area contributed by atoms with Gasteiger partial charge in [0.1, 0.15) is 11.4 Å². The molecule has 21 heavy (non-hydrogen) atoms. The Labute approximate surface area is 128 Å². The van der Waals surface area contributed by atoms with E-state index in [1.807, 2.05) is 0 Å². The van der Waals surface area contributed by atoms with Crippen molar-refractivity contribution in [3.05, 3.63) is 29.3 Å². The normalized spacial score (nSPS) is 28.5. The van der Waals surface area contributed by atoms with Gasteiger partial charge >= 0.3 is 0 Å². The maximum atomic E-state index is 11.2. The number of fused-ring (bicyclic) bond motifs is 1. The fourth-order valence-corrected chi connectivity index (χ4v) is 4.09. The highest BCUT2D eigenvalue weighted by Crippen LogP contribution is 2.48. The predicted molar refractivity (Wildman–Crippen MR) is 85.7 cm³/mol. The quantitative estimate of drug-likeness (QED) is 0.851. The molecule has 1 atom stereocenters. The van der Waals surface area contributed by atoms with E-state index in [2.05, 4.69) is 45.9 Å². The monoisotopic (exact) mass is 288 g/mol. The first-order valence-corrected chi connectivity index (χ1v) is 8.38. The van der Waals surface area contributed by atoms with Crippen LogP contribution in [0.3, 0.4) is 0 Å². The molecule has 3 rings (SSSR count). The van der Waals surface area contributed by atoms with Crippen LogP contribution in [-0.4, -0.2) is 10.7 Å². The smallest absolute Gasteiger partial charge is 0.126 e. The van der Waals surface area contributed by atoms with Crippen molar-refractivity contribution < 1.29 is 9.84 Å². The average molecular weight is 288 g/mol. The molecule has 0 amide bonds. The van der Waals surface area contributed by atoms with Gasteiger partial charge in [-0.25, -0.2) is 0 Å². The summed E-state index contributed by atoms with van der Waals surface area (Å²) in [5.74, 6) is 1.75. The Morgan fingerprint density at radius 1 is 1.19 bits per heavy atom. The summed E-state index contributed by atoms with van der Waals surface area (Å²) in [5, 5.41) is 11.2. The Kier molecular flexibility index (Phi) is 3.56. The van der Waals surface area contributed by atoms with Gasteiger partial charge in [0.2, 0.25) is 0 Å². The molecule has 1 unspecified atom stereocenters. The first-order chi connectivity index (χ1) is 9.82. The molecule has 2 aliphatic rings. The van der Waals surface area contributed by atoms with Crippen LogP contribution in [0.2, 0.25) is 0 Å². The Hall–Kier alpha value is -1.02. The van der Waals surface area contributed by atoms with Crippen LogP contribution in [0.4, 0.5) is 0 Å². The number of ether oxygens (including phenoxy) is 1. The summed E-state index contributed by atoms with van der Waals surface area (Å²) in [6.45, 7) is 8.34. The van der Waals surface area contributed by atoms with Crippen LogP contribution in [0.1, 0.15) is 76.8 Å². The molecule has 0 saturated heterocycles. The van der Waals surface area contributed by atoms with Gasteiger partial charge in [-0.2, -0.15) is 0 Å². The molecule has 0 aromatic heterocycles. The van der Waals surface area contributed by atoms with Crippen LogP contribution in [0.15, 0.2) is 18.2 Å². The second-order valence-electron chi connectivity index (χ2n) is 7.85. The minimum absolute atomic E-state index is 0.178. The number of hydrogen-bond donors (Lipinski definition) is 1. The molecule has 2 nitrogen and oxygen atoms in total. The van der Waals surface area contributed by atoms with E-state index < -0.39 is 5.60 Å². The number of rotatable bonds is 2. The second kappa shape index (κ2) is 5.01. The summed E-state index contributed by atoms with van der Waals surface area (Å²) in [6, 6.07) is 6.52. The van der Waals surface area contributed by atoms with E-state index in [9.17, 15) is 5.11 Å². The summed E-state index contributed by atoms with van der Waals surface area (Å²) in [4.78, 5) is 0. The number of aliphatic hydroxyl groups is 1. The Balaban J connectivity index is 2.03. The maximum Gasteiger partial charge on any atom is 0.126 e. The third-order valence-electron chi connectivity index (χ3n) is 5.34. The first-order valence-electron chi connectivity index (χ1n) is 8.38. The Bertz CT molecular complexity index is 526. The van der Waals surface area contributed by atoms with Crippen LogP contribution >= 0.6 is 0 Å². The molecule has 1 aromatic carbocycles. The third kappa shape index (κ3) is 2.59. The van der Waals surface area contributed by atoms with E-state index >= 15 is 0 Å². The lowest BCUT2D eigenvalue weighted by Crippen LogP contribution is -2.47. The molecule has 1 aromatic rings. The van der Waals surface area contributed by atoms with Gasteiger partial charge < -0.3 is 9.84 Å². The largest absolute Gasteiger partial charge is 0.487 e. The maximum absolute atomic E-state index is 11.2. The van der Waals surface area contributed by atoms with Gasteiger partial charge in [0.15, 0.2) is 0 Å². The summed E-state index contributed by atoms with van der Waals surface area (Å²) in [7, 11) is 0. The lowest BCUT2D eigenvalue weighted by molar-refractivity contribution is -0.0923. The lowest BCUT2D eigenvalue weighted by atomic mass is 9.73. The van der Waals surface area contributed by atoms with Crippen molar-refractivity contribution >= 4 is 0 Å². The topological polar surface area (TPSA) is 29.5 Å². The molecule has 1 fully saturated rings. The number of benzene rings is 1. The lowest BCUT2D eigenvalue weighted by Gasteiger charge is -2.45. The summed E-state index contributed by atoms with van der Waals surface area (Å²) < 4.78 is 6.21. The van der Waals surface area contributed by atoms with Gasteiger partial charge in [-0.3, -0.25) is 0 Å². The SMILES string of the molecule is CC(C)C1(O)CC(C)(C)Oc2cc(C3CCCC3)ccc21. The van der Waals surface area contributed by atoms with Gasteiger partial charge in [0, 0.05) is 12.0 Å². The van der Waals surface area contributed by atoms with E-state index in [4.69, 9.17) is 4.74 Å². The molecule has 1 aliphatic heterocycles. The van der Waals surface area contributed by atoms with Crippen molar-refractivity contribution in [1.29, 1.82) is 0 Å². The van der Waals surface area contributed by atoms with Crippen LogP contribution in [0, 0.1) is 5.92 Å². The van der Waals surface area contributed by atoms with Crippen molar-refractivity contribution in [2.75, 3.05) is 0 Å². The molecule has 116 valence electrons. The number of hydrogen-bond acceptors (Lipinski definition) is 2. The van der Waals surface area contributed by atoms with Gasteiger partial charge in [0.25, 0.3) is 0 Å². The molecular weight excluding hydrogens is 260 g/mol. The summed E-state index contributed by atoms with van der Waals surface area (Å²) in [6.07, 6.45) is 5.90. The van der Waals surface area contributed by atoms with E-state index in [0.29, 0.717) is 12.3 Å². The van der Waals surface area contributed by atoms with Crippen molar-refractivity contribution in [3.63, 3.8) is 0 Å². The fourth-order valence-electron chi connectivity index (χ4n) is 4.09. The molecule has 0 radical (unpaired) electrons. The standard InChI is InChI=1S/C19H28O2/c1-13(2)19(20)12-18(3,4)21-17-11-15(9-10-16(17)19)14-7-5-6-8-14/h9-11,13-14,20H,5-8,12H2,1-4H3. The van der Waals surface area contributed by atoms with Crippen LogP contribution in [0.25, 0.3) is 0 Å². The van der Waals surface area contributed by atoms with E-state index in [1.165, 1.54) is 31.2 Å². The second-order valence-corrected chi connectivity index (χ2v) is 7.85. The zero-order valence-electron chi connectivity index (χ0n) is 13.8. The zero-order chi connectivity index (χ0) is 15.3. The van der Waals surface area contributed by atoms with Crippen molar-refractivity contribution in [2.45, 2.75) is 76.9 Å². The highest BCUT2D eigenvalue weighted by Gasteiger charge is 2.46. The van der Waals surface area contributed by atoms with E-state index in [0.717, 1.165) is 11.3 Å². The van der Waals surface area contributed by atoms with E-state index in [1.54, 1.807) is 0 Å². The van der Waals surface area contributed by atoms with Gasteiger partial charge in [-0.15, -0.1) is 0 Å². The minimum Gasteiger partial charge on any atom is -0.487 e. The molecule has 1 heterocycles. The molecule has 1 aliphatic carbocycles. The van der Waals surface area contributed by atoms with Crippen molar-refractivity contribution in [2.24, 2.45) is 5.92 Å². The molecule has 2 heteroatoms. The molecule has 0 bridgehead atoms. The first kappa shape index (κ1) is 14.9. The summed E-state index contributed by atoms with van der Waals surface area (Å²) >= 11 is 0. The van der Waals surface area contributed by atoms with Gasteiger partial charge in [0.05, 0.1) is 5.60 Å². The van der Waals surface area contributed by atoms with Gasteiger partial charge in [-0.05, 0) is 50.2 Å². The van der Waals surface area contributed by atoms with Crippen molar-refractivity contribution in [1.82, 2.24) is 0 Å². The van der Waals surface area contributed by atoms with Crippen LogP contribution < -0.4 is 4.74 Å².